The van der Waals surface area contributed by atoms with Gasteiger partial charge in [-0.15, -0.1) is 0 Å². The summed E-state index contributed by atoms with van der Waals surface area (Å²) in [6, 6.07) is 0. The summed E-state index contributed by atoms with van der Waals surface area (Å²) in [5.41, 5.74) is 0. The van der Waals surface area contributed by atoms with Crippen LogP contribution >= 0.6 is 27.7 Å². The van der Waals surface area contributed by atoms with Gasteiger partial charge in [0.05, 0.1) is 0 Å². The average molecular weight is 339 g/mol. The van der Waals surface area contributed by atoms with Gasteiger partial charge in [-0.05, 0) is 0 Å². The van der Waals surface area contributed by atoms with Crippen LogP contribution in [0.25, 0.3) is 0 Å². The Bertz CT molecular complexity index is 208. The van der Waals surface area contributed by atoms with Crippen molar-refractivity contribution < 1.29 is 34.7 Å². The van der Waals surface area contributed by atoms with E-state index in [9.17, 15) is 4.57 Å². The molecule has 0 bridgehead atoms. The Morgan fingerprint density at radius 3 is 2.50 bits per heavy atom. The second-order valence-corrected chi connectivity index (χ2v) is 11.0. The quantitative estimate of drug-likeness (QED) is 0.182. The van der Waals surface area contributed by atoms with E-state index < -0.39 is 7.82 Å². The van der Waals surface area contributed by atoms with Crippen molar-refractivity contribution in [2.45, 2.75) is 39.5 Å². The van der Waals surface area contributed by atoms with E-state index in [1.807, 2.05) is 0 Å². The Morgan fingerprint density at radius 2 is 1.94 bits per heavy atom. The maximum absolute atomic E-state index is 11.9. The fourth-order valence-electron chi connectivity index (χ4n) is 1.00. The molecule has 0 amide bonds. The Labute approximate surface area is 115 Å². The molecule has 1 atom stereocenters. The Morgan fingerprint density at radius 1 is 1.19 bits per heavy atom. The SMILES string of the molecule is CCCCCCOP(=O)(OCC)OS[S][Zn]. The Balaban J connectivity index is 3.78. The molecule has 0 rings (SSSR count). The summed E-state index contributed by atoms with van der Waals surface area (Å²) in [5.74, 6) is 0. The molecule has 8 heteroatoms. The zero-order valence-electron chi connectivity index (χ0n) is 9.85. The summed E-state index contributed by atoms with van der Waals surface area (Å²) in [4.78, 5) is 0. The van der Waals surface area contributed by atoms with Gasteiger partial charge >= 0.3 is 115 Å². The second kappa shape index (κ2) is 11.5. The molecule has 0 N–H and O–H groups in total. The molecule has 16 heavy (non-hydrogen) atoms. The number of phosphoric ester groups is 1. The monoisotopic (exact) mass is 337 g/mol. The van der Waals surface area contributed by atoms with Gasteiger partial charge in [-0.3, -0.25) is 0 Å². The molecule has 0 saturated carbocycles. The zero-order chi connectivity index (χ0) is 12.3. The summed E-state index contributed by atoms with van der Waals surface area (Å²) in [6.45, 7) is 4.68. The summed E-state index contributed by atoms with van der Waals surface area (Å²) in [6.07, 6.45) is 4.33. The van der Waals surface area contributed by atoms with Crippen LogP contribution in [0.1, 0.15) is 39.5 Å². The first-order valence-corrected chi connectivity index (χ1v) is 12.7. The van der Waals surface area contributed by atoms with Gasteiger partial charge in [-0.1, -0.05) is 0 Å². The molecule has 1 unspecified atom stereocenters. The molecule has 0 aromatic rings. The first kappa shape index (κ1) is 17.4. The maximum atomic E-state index is 11.9. The van der Waals surface area contributed by atoms with Crippen LogP contribution in [0.5, 0.6) is 0 Å². The average Bonchev–Trinajstić information content (AvgIpc) is 2.27. The van der Waals surface area contributed by atoms with E-state index in [4.69, 9.17) is 13.0 Å². The predicted molar refractivity (Wildman–Crippen MR) is 65.6 cm³/mol. The Hall–Kier alpha value is 1.43. The number of unbranched alkanes of at least 4 members (excludes halogenated alkanes) is 3. The van der Waals surface area contributed by atoms with E-state index in [2.05, 4.69) is 6.92 Å². The molecular formula is C8H18O4PS2Zn. The van der Waals surface area contributed by atoms with Crippen molar-refractivity contribution in [2.75, 3.05) is 13.2 Å². The standard InChI is InChI=1S/C8H19O4PS2.Zn/c1-3-5-6-7-8-11-13(9,10-4-2)12-15-14;/h14H,3-8H2,1-2H3;/q;+1/p-1. The van der Waals surface area contributed by atoms with E-state index in [-0.39, 0.29) is 0 Å². The molecule has 0 aliphatic carbocycles. The third kappa shape index (κ3) is 9.46. The molecule has 0 aliphatic heterocycles. The summed E-state index contributed by atoms with van der Waals surface area (Å²) >= 11 is 2.09. The van der Waals surface area contributed by atoms with Crippen LogP contribution in [0, 0.1) is 0 Å². The van der Waals surface area contributed by atoms with Crippen molar-refractivity contribution in [3.05, 3.63) is 0 Å². The summed E-state index contributed by atoms with van der Waals surface area (Å²) < 4.78 is 27.2. The Kier molecular flexibility index (Phi) is 12.6. The molecule has 0 aromatic carbocycles. The third-order valence-corrected chi connectivity index (χ3v) is 6.50. The summed E-state index contributed by atoms with van der Waals surface area (Å²) in [7, 11) is -1.83. The van der Waals surface area contributed by atoms with Crippen molar-refractivity contribution >= 4 is 27.7 Å². The molecule has 0 radical (unpaired) electrons. The summed E-state index contributed by atoms with van der Waals surface area (Å²) in [5, 5.41) is 0. The van der Waals surface area contributed by atoms with Gasteiger partial charge in [-0.25, -0.2) is 0 Å². The van der Waals surface area contributed by atoms with Crippen molar-refractivity contribution in [3.63, 3.8) is 0 Å². The molecule has 4 nitrogen and oxygen atoms in total. The first-order valence-electron chi connectivity index (χ1n) is 5.34. The molecule has 0 heterocycles. The van der Waals surface area contributed by atoms with Crippen molar-refractivity contribution in [1.82, 2.24) is 0 Å². The predicted octanol–water partition coefficient (Wildman–Crippen LogP) is 4.50. The normalized spacial score (nSPS) is 15.0. The number of hydrogen-bond donors (Lipinski definition) is 0. The van der Waals surface area contributed by atoms with Crippen LogP contribution in [0.2, 0.25) is 0 Å². The fourth-order valence-corrected chi connectivity index (χ4v) is 6.06. The van der Waals surface area contributed by atoms with Gasteiger partial charge in [0.1, 0.15) is 0 Å². The third-order valence-electron chi connectivity index (χ3n) is 1.70. The molecule has 0 saturated heterocycles. The first-order chi connectivity index (χ1) is 7.68. The van der Waals surface area contributed by atoms with Crippen LogP contribution in [0.4, 0.5) is 0 Å². The number of rotatable bonds is 11. The van der Waals surface area contributed by atoms with Gasteiger partial charge < -0.3 is 0 Å². The van der Waals surface area contributed by atoms with E-state index in [1.54, 1.807) is 6.92 Å². The minimum absolute atomic E-state index is 0.331. The van der Waals surface area contributed by atoms with E-state index >= 15 is 0 Å². The number of phosphoric acid groups is 1. The van der Waals surface area contributed by atoms with E-state index in [1.165, 1.54) is 21.6 Å². The van der Waals surface area contributed by atoms with Crippen LogP contribution in [0.15, 0.2) is 0 Å². The second-order valence-electron chi connectivity index (χ2n) is 3.02. The van der Waals surface area contributed by atoms with Crippen molar-refractivity contribution in [2.24, 2.45) is 0 Å². The van der Waals surface area contributed by atoms with Gasteiger partial charge in [-0.2, -0.15) is 0 Å². The van der Waals surface area contributed by atoms with E-state index in [0.717, 1.165) is 41.0 Å². The van der Waals surface area contributed by atoms with Crippen LogP contribution in [-0.4, -0.2) is 13.2 Å². The van der Waals surface area contributed by atoms with Crippen LogP contribution in [-0.2, 0) is 34.7 Å². The van der Waals surface area contributed by atoms with Crippen molar-refractivity contribution in [3.8, 4) is 0 Å². The van der Waals surface area contributed by atoms with Gasteiger partial charge in [0.15, 0.2) is 0 Å². The fraction of sp³-hybridized carbons (Fsp3) is 1.00. The molecule has 0 aromatic heterocycles. The van der Waals surface area contributed by atoms with Gasteiger partial charge in [0.25, 0.3) is 0 Å². The van der Waals surface area contributed by atoms with Gasteiger partial charge in [0, 0.05) is 0 Å². The van der Waals surface area contributed by atoms with Gasteiger partial charge in [0.2, 0.25) is 0 Å². The molecule has 93 valence electrons. The van der Waals surface area contributed by atoms with Crippen LogP contribution < -0.4 is 0 Å². The minimum atomic E-state index is -3.32. The molecule has 0 spiro atoms. The molecule has 0 aliphatic rings. The zero-order valence-corrected chi connectivity index (χ0v) is 15.3. The van der Waals surface area contributed by atoms with Crippen LogP contribution in [0.3, 0.4) is 0 Å². The van der Waals surface area contributed by atoms with Crippen molar-refractivity contribution in [1.29, 1.82) is 0 Å². The molecule has 0 fully saturated rings. The number of hydrogen-bond acceptors (Lipinski definition) is 6. The van der Waals surface area contributed by atoms with E-state index in [0.29, 0.717) is 13.2 Å². The topological polar surface area (TPSA) is 44.8 Å². The molecular weight excluding hydrogens is 321 g/mol.